The molecule has 0 unspecified atom stereocenters. The molecule has 1 aromatic carbocycles. The second-order valence-corrected chi connectivity index (χ2v) is 7.61. The fourth-order valence-electron chi connectivity index (χ4n) is 3.47. The molecule has 0 aliphatic carbocycles. The highest BCUT2D eigenvalue weighted by Crippen LogP contribution is 2.40. The minimum Gasteiger partial charge on any atom is -0.473 e. The van der Waals surface area contributed by atoms with Crippen molar-refractivity contribution < 1.29 is 4.74 Å². The smallest absolute Gasteiger partial charge is 0.235 e. The average molecular weight is 355 g/mol. The van der Waals surface area contributed by atoms with Gasteiger partial charge < -0.3 is 4.74 Å². The standard InChI is InChI=1S/C21H26N2OS/c1-7-16(8-2)24-21-20-19(22-15(6)23-21)17(11-25-20)18-13(4)9-12(3)10-14(18)5/h9-11,16H,7-8H2,1-6H3. The van der Waals surface area contributed by atoms with Crippen LogP contribution in [0.2, 0.25) is 0 Å². The summed E-state index contributed by atoms with van der Waals surface area (Å²) in [6, 6.07) is 4.48. The van der Waals surface area contributed by atoms with E-state index in [4.69, 9.17) is 9.72 Å². The Hall–Kier alpha value is -1.94. The Labute approximate surface area is 154 Å². The summed E-state index contributed by atoms with van der Waals surface area (Å²) < 4.78 is 7.24. The van der Waals surface area contributed by atoms with E-state index < -0.39 is 0 Å². The van der Waals surface area contributed by atoms with Crippen molar-refractivity contribution in [1.82, 2.24) is 9.97 Å². The summed E-state index contributed by atoms with van der Waals surface area (Å²) in [7, 11) is 0. The van der Waals surface area contributed by atoms with Crippen LogP contribution in [0.15, 0.2) is 17.5 Å². The second-order valence-electron chi connectivity index (χ2n) is 6.73. The van der Waals surface area contributed by atoms with E-state index in [2.05, 4.69) is 57.1 Å². The van der Waals surface area contributed by atoms with E-state index in [9.17, 15) is 0 Å². The number of hydrogen-bond donors (Lipinski definition) is 0. The number of nitrogens with zero attached hydrogens (tertiary/aromatic N) is 2. The predicted molar refractivity (Wildman–Crippen MR) is 107 cm³/mol. The van der Waals surface area contributed by atoms with Crippen molar-refractivity contribution in [2.45, 2.75) is 60.5 Å². The molecule has 2 aromatic heterocycles. The fraction of sp³-hybridized carbons (Fsp3) is 0.429. The van der Waals surface area contributed by atoms with Crippen LogP contribution in [-0.2, 0) is 0 Å². The minimum atomic E-state index is 0.200. The molecule has 0 aliphatic heterocycles. The zero-order chi connectivity index (χ0) is 18.1. The van der Waals surface area contributed by atoms with Crippen LogP contribution in [0.3, 0.4) is 0 Å². The van der Waals surface area contributed by atoms with Gasteiger partial charge in [0, 0.05) is 10.9 Å². The maximum Gasteiger partial charge on any atom is 0.235 e. The number of ether oxygens (including phenoxy) is 1. The zero-order valence-corrected chi connectivity index (χ0v) is 16.8. The van der Waals surface area contributed by atoms with Gasteiger partial charge in [-0.25, -0.2) is 4.98 Å². The molecule has 0 fully saturated rings. The van der Waals surface area contributed by atoms with E-state index in [-0.39, 0.29) is 6.10 Å². The molecule has 0 atom stereocenters. The summed E-state index contributed by atoms with van der Waals surface area (Å²) in [5.74, 6) is 1.49. The first-order valence-corrected chi connectivity index (χ1v) is 9.83. The molecule has 0 aliphatic rings. The van der Waals surface area contributed by atoms with Gasteiger partial charge in [-0.2, -0.15) is 4.98 Å². The first kappa shape index (κ1) is 17.9. The Morgan fingerprint density at radius 3 is 2.24 bits per heavy atom. The van der Waals surface area contributed by atoms with Crippen molar-refractivity contribution in [3.63, 3.8) is 0 Å². The van der Waals surface area contributed by atoms with E-state index in [0.29, 0.717) is 0 Å². The number of fused-ring (bicyclic) bond motifs is 1. The first-order valence-electron chi connectivity index (χ1n) is 8.95. The molecular formula is C21H26N2OS. The molecule has 0 N–H and O–H groups in total. The van der Waals surface area contributed by atoms with Crippen LogP contribution < -0.4 is 4.74 Å². The molecule has 132 valence electrons. The number of hydrogen-bond acceptors (Lipinski definition) is 4. The van der Waals surface area contributed by atoms with Gasteiger partial charge in [0.1, 0.15) is 10.5 Å². The average Bonchev–Trinajstić information content (AvgIpc) is 2.95. The Kier molecular flexibility index (Phi) is 5.09. The maximum absolute atomic E-state index is 6.20. The summed E-state index contributed by atoms with van der Waals surface area (Å²) in [4.78, 5) is 9.34. The Balaban J connectivity index is 2.19. The third-order valence-electron chi connectivity index (χ3n) is 4.63. The number of thiophene rings is 1. The molecule has 0 amide bonds. The lowest BCUT2D eigenvalue weighted by Crippen LogP contribution is -2.15. The van der Waals surface area contributed by atoms with Crippen molar-refractivity contribution in [1.29, 1.82) is 0 Å². The molecule has 0 bridgehead atoms. The Morgan fingerprint density at radius 2 is 1.64 bits per heavy atom. The summed E-state index contributed by atoms with van der Waals surface area (Å²) >= 11 is 1.68. The molecule has 0 saturated carbocycles. The van der Waals surface area contributed by atoms with E-state index in [1.54, 1.807) is 11.3 Å². The second kappa shape index (κ2) is 7.12. The molecule has 0 saturated heterocycles. The lowest BCUT2D eigenvalue weighted by Gasteiger charge is -2.15. The highest BCUT2D eigenvalue weighted by Gasteiger charge is 2.19. The molecular weight excluding hydrogens is 328 g/mol. The van der Waals surface area contributed by atoms with Crippen LogP contribution in [0.1, 0.15) is 49.2 Å². The van der Waals surface area contributed by atoms with Crippen LogP contribution in [0.4, 0.5) is 0 Å². The van der Waals surface area contributed by atoms with E-state index in [0.717, 1.165) is 34.8 Å². The monoisotopic (exact) mass is 354 g/mol. The normalized spacial score (nSPS) is 11.5. The van der Waals surface area contributed by atoms with Gasteiger partial charge >= 0.3 is 0 Å². The molecule has 25 heavy (non-hydrogen) atoms. The summed E-state index contributed by atoms with van der Waals surface area (Å²) in [6.07, 6.45) is 2.16. The topological polar surface area (TPSA) is 35.0 Å². The highest BCUT2D eigenvalue weighted by molar-refractivity contribution is 7.18. The predicted octanol–water partition coefficient (Wildman–Crippen LogP) is 6.16. The SMILES string of the molecule is CCC(CC)Oc1nc(C)nc2c(-c3c(C)cc(C)cc3C)csc12. The van der Waals surface area contributed by atoms with Gasteiger partial charge in [0.05, 0.1) is 11.6 Å². The molecule has 0 spiro atoms. The van der Waals surface area contributed by atoms with Crippen LogP contribution in [0.25, 0.3) is 21.3 Å². The summed E-state index contributed by atoms with van der Waals surface area (Å²) in [5.41, 5.74) is 7.35. The zero-order valence-electron chi connectivity index (χ0n) is 15.9. The van der Waals surface area contributed by atoms with Crippen LogP contribution in [0.5, 0.6) is 5.88 Å². The van der Waals surface area contributed by atoms with Crippen molar-refractivity contribution >= 4 is 21.6 Å². The third-order valence-corrected chi connectivity index (χ3v) is 5.59. The van der Waals surface area contributed by atoms with Gasteiger partial charge in [-0.05, 0) is 57.2 Å². The fourth-order valence-corrected chi connectivity index (χ4v) is 4.40. The molecule has 2 heterocycles. The van der Waals surface area contributed by atoms with Crippen molar-refractivity contribution in [3.8, 4) is 17.0 Å². The van der Waals surface area contributed by atoms with E-state index in [1.807, 2.05) is 6.92 Å². The van der Waals surface area contributed by atoms with Gasteiger partial charge in [0.15, 0.2) is 0 Å². The first-order chi connectivity index (χ1) is 11.9. The molecule has 4 heteroatoms. The molecule has 3 rings (SSSR count). The summed E-state index contributed by atoms with van der Waals surface area (Å²) in [6.45, 7) is 12.7. The van der Waals surface area contributed by atoms with Crippen LogP contribution >= 0.6 is 11.3 Å². The van der Waals surface area contributed by atoms with Crippen LogP contribution in [-0.4, -0.2) is 16.1 Å². The van der Waals surface area contributed by atoms with E-state index >= 15 is 0 Å². The largest absolute Gasteiger partial charge is 0.473 e. The van der Waals surface area contributed by atoms with Gasteiger partial charge in [-0.3, -0.25) is 0 Å². The Morgan fingerprint density at radius 1 is 1.00 bits per heavy atom. The van der Waals surface area contributed by atoms with Gasteiger partial charge in [0.25, 0.3) is 0 Å². The highest BCUT2D eigenvalue weighted by atomic mass is 32.1. The number of aryl methyl sites for hydroxylation is 4. The van der Waals surface area contributed by atoms with Gasteiger partial charge in [-0.1, -0.05) is 31.5 Å². The number of aromatic nitrogens is 2. The van der Waals surface area contributed by atoms with Crippen LogP contribution in [0, 0.1) is 27.7 Å². The number of rotatable bonds is 5. The molecule has 3 nitrogen and oxygen atoms in total. The van der Waals surface area contributed by atoms with Gasteiger partial charge in [-0.15, -0.1) is 11.3 Å². The maximum atomic E-state index is 6.20. The van der Waals surface area contributed by atoms with Crippen molar-refractivity contribution in [2.24, 2.45) is 0 Å². The molecule has 3 aromatic rings. The Bertz CT molecular complexity index is 887. The summed E-state index contributed by atoms with van der Waals surface area (Å²) in [5, 5.41) is 2.20. The van der Waals surface area contributed by atoms with Crippen molar-refractivity contribution in [3.05, 3.63) is 40.0 Å². The minimum absolute atomic E-state index is 0.200. The molecule has 0 radical (unpaired) electrons. The number of benzene rings is 1. The third kappa shape index (κ3) is 3.40. The lowest BCUT2D eigenvalue weighted by atomic mass is 9.95. The lowest BCUT2D eigenvalue weighted by molar-refractivity contribution is 0.187. The van der Waals surface area contributed by atoms with E-state index in [1.165, 1.54) is 27.8 Å². The van der Waals surface area contributed by atoms with Gasteiger partial charge in [0.2, 0.25) is 5.88 Å². The van der Waals surface area contributed by atoms with Crippen molar-refractivity contribution in [2.75, 3.05) is 0 Å². The quantitative estimate of drug-likeness (QED) is 0.550.